The van der Waals surface area contributed by atoms with E-state index in [1.54, 1.807) is 24.3 Å². The summed E-state index contributed by atoms with van der Waals surface area (Å²) in [6, 6.07) is 6.75. The number of ketones is 1. The lowest BCUT2D eigenvalue weighted by molar-refractivity contribution is -0.126. The van der Waals surface area contributed by atoms with Gasteiger partial charge >= 0.3 is 0 Å². The van der Waals surface area contributed by atoms with E-state index >= 15 is 0 Å². The Labute approximate surface area is 172 Å². The SMILES string of the molecule is COc1cc(Cl)cc(NC(=O)C(N=Nc2cc(Cl)ccc2C)C(C)=O)c1OC. The summed E-state index contributed by atoms with van der Waals surface area (Å²) in [7, 11) is 2.87. The Morgan fingerprint density at radius 1 is 1.07 bits per heavy atom. The van der Waals surface area contributed by atoms with Crippen molar-refractivity contribution in [3.05, 3.63) is 45.9 Å². The fraction of sp³-hybridized carbons (Fsp3) is 0.263. The molecule has 0 aliphatic rings. The molecule has 0 radical (unpaired) electrons. The molecule has 0 fully saturated rings. The van der Waals surface area contributed by atoms with Crippen LogP contribution in [0.25, 0.3) is 0 Å². The number of hydrogen-bond donors (Lipinski definition) is 1. The number of halogens is 2. The van der Waals surface area contributed by atoms with Gasteiger partial charge in [-0.3, -0.25) is 9.59 Å². The Morgan fingerprint density at radius 2 is 1.79 bits per heavy atom. The quantitative estimate of drug-likeness (QED) is 0.501. The zero-order valence-electron chi connectivity index (χ0n) is 15.7. The van der Waals surface area contributed by atoms with Gasteiger partial charge in [-0.25, -0.2) is 0 Å². The van der Waals surface area contributed by atoms with Gasteiger partial charge in [0.05, 0.1) is 25.6 Å². The van der Waals surface area contributed by atoms with Gasteiger partial charge in [0.15, 0.2) is 17.3 Å². The fourth-order valence-corrected chi connectivity index (χ4v) is 2.73. The highest BCUT2D eigenvalue weighted by Gasteiger charge is 2.25. The van der Waals surface area contributed by atoms with E-state index in [0.717, 1.165) is 5.56 Å². The van der Waals surface area contributed by atoms with Crippen LogP contribution in [-0.4, -0.2) is 32.0 Å². The van der Waals surface area contributed by atoms with Gasteiger partial charge in [-0.2, -0.15) is 10.2 Å². The molecular formula is C19H19Cl2N3O4. The summed E-state index contributed by atoms with van der Waals surface area (Å²) < 4.78 is 10.5. The van der Waals surface area contributed by atoms with Gasteiger partial charge in [-0.15, -0.1) is 0 Å². The molecule has 0 saturated heterocycles. The minimum absolute atomic E-state index is 0.247. The van der Waals surface area contributed by atoms with E-state index in [0.29, 0.717) is 21.5 Å². The number of benzene rings is 2. The molecule has 0 aromatic heterocycles. The molecule has 0 spiro atoms. The first-order valence-electron chi connectivity index (χ1n) is 8.16. The van der Waals surface area contributed by atoms with Gasteiger partial charge in [-0.05, 0) is 37.6 Å². The number of azo groups is 1. The Bertz CT molecular complexity index is 932. The number of rotatable bonds is 7. The zero-order valence-corrected chi connectivity index (χ0v) is 17.3. The number of amides is 1. The first kappa shape index (κ1) is 21.7. The third-order valence-corrected chi connectivity index (χ3v) is 4.24. The second-order valence-electron chi connectivity index (χ2n) is 5.84. The molecule has 0 heterocycles. The molecule has 1 atom stereocenters. The third-order valence-electron chi connectivity index (χ3n) is 3.79. The maximum absolute atomic E-state index is 12.7. The van der Waals surface area contributed by atoms with E-state index in [1.165, 1.54) is 27.2 Å². The average Bonchev–Trinajstić information content (AvgIpc) is 2.63. The lowest BCUT2D eigenvalue weighted by Gasteiger charge is -2.15. The minimum Gasteiger partial charge on any atom is -0.493 e. The number of methoxy groups -OCH3 is 2. The second kappa shape index (κ2) is 9.52. The molecule has 7 nitrogen and oxygen atoms in total. The highest BCUT2D eigenvalue weighted by Crippen LogP contribution is 2.38. The van der Waals surface area contributed by atoms with Gasteiger partial charge in [0.25, 0.3) is 5.91 Å². The Balaban J connectivity index is 2.32. The van der Waals surface area contributed by atoms with Gasteiger partial charge in [0.2, 0.25) is 6.04 Å². The lowest BCUT2D eigenvalue weighted by atomic mass is 10.2. The largest absolute Gasteiger partial charge is 0.493 e. The number of nitrogens with zero attached hydrogens (tertiary/aromatic N) is 2. The lowest BCUT2D eigenvalue weighted by Crippen LogP contribution is -2.32. The second-order valence-corrected chi connectivity index (χ2v) is 6.71. The number of Topliss-reactive ketones (excluding diaryl/α,β-unsaturated/α-hetero) is 1. The van der Waals surface area contributed by atoms with Crippen LogP contribution >= 0.6 is 23.2 Å². The summed E-state index contributed by atoms with van der Waals surface area (Å²) in [6.45, 7) is 3.07. The average molecular weight is 424 g/mol. The summed E-state index contributed by atoms with van der Waals surface area (Å²) in [5, 5.41) is 11.3. The smallest absolute Gasteiger partial charge is 0.258 e. The molecule has 1 unspecified atom stereocenters. The summed E-state index contributed by atoms with van der Waals surface area (Å²) in [5.74, 6) is -0.557. The van der Waals surface area contributed by atoms with Crippen LogP contribution in [0.1, 0.15) is 12.5 Å². The van der Waals surface area contributed by atoms with Crippen LogP contribution in [-0.2, 0) is 9.59 Å². The van der Waals surface area contributed by atoms with Crippen LogP contribution in [0.15, 0.2) is 40.6 Å². The Kier molecular flexibility index (Phi) is 7.37. The van der Waals surface area contributed by atoms with E-state index in [4.69, 9.17) is 32.7 Å². The van der Waals surface area contributed by atoms with Gasteiger partial charge in [0.1, 0.15) is 0 Å². The van der Waals surface area contributed by atoms with Crippen LogP contribution in [0, 0.1) is 6.92 Å². The molecule has 0 saturated carbocycles. The van der Waals surface area contributed by atoms with Crippen LogP contribution in [0.2, 0.25) is 10.0 Å². The summed E-state index contributed by atoms with van der Waals surface area (Å²) in [6.07, 6.45) is 0. The maximum Gasteiger partial charge on any atom is 0.258 e. The minimum atomic E-state index is -1.35. The van der Waals surface area contributed by atoms with E-state index < -0.39 is 17.7 Å². The number of anilines is 1. The molecule has 1 amide bonds. The molecule has 2 aromatic carbocycles. The molecule has 0 aliphatic carbocycles. The van der Waals surface area contributed by atoms with Crippen LogP contribution in [0.5, 0.6) is 11.5 Å². The van der Waals surface area contributed by atoms with E-state index in [1.807, 2.05) is 6.92 Å². The van der Waals surface area contributed by atoms with Crippen molar-refractivity contribution >= 4 is 46.3 Å². The number of ether oxygens (including phenoxy) is 2. The normalized spacial score (nSPS) is 11.9. The first-order chi connectivity index (χ1) is 13.3. The van der Waals surface area contributed by atoms with Crippen molar-refractivity contribution in [2.45, 2.75) is 19.9 Å². The van der Waals surface area contributed by atoms with Gasteiger partial charge in [-0.1, -0.05) is 29.3 Å². The Hall–Kier alpha value is -2.64. The van der Waals surface area contributed by atoms with E-state index in [9.17, 15) is 9.59 Å². The first-order valence-corrected chi connectivity index (χ1v) is 8.92. The summed E-state index contributed by atoms with van der Waals surface area (Å²) in [4.78, 5) is 24.6. The third kappa shape index (κ3) is 5.21. The highest BCUT2D eigenvalue weighted by atomic mass is 35.5. The number of aryl methyl sites for hydroxylation is 1. The molecule has 28 heavy (non-hydrogen) atoms. The van der Waals surface area contributed by atoms with Crippen LogP contribution < -0.4 is 14.8 Å². The number of nitrogens with one attached hydrogen (secondary N) is 1. The molecule has 0 aliphatic heterocycles. The van der Waals surface area contributed by atoms with Crippen molar-refractivity contribution < 1.29 is 19.1 Å². The summed E-state index contributed by atoms with van der Waals surface area (Å²) >= 11 is 12.0. The highest BCUT2D eigenvalue weighted by molar-refractivity contribution is 6.31. The van der Waals surface area contributed by atoms with Crippen molar-refractivity contribution in [3.8, 4) is 11.5 Å². The van der Waals surface area contributed by atoms with E-state index in [2.05, 4.69) is 15.5 Å². The van der Waals surface area contributed by atoms with Gasteiger partial charge < -0.3 is 14.8 Å². The monoisotopic (exact) mass is 423 g/mol. The van der Waals surface area contributed by atoms with Crippen molar-refractivity contribution in [3.63, 3.8) is 0 Å². The van der Waals surface area contributed by atoms with Crippen molar-refractivity contribution in [1.82, 2.24) is 0 Å². The zero-order chi connectivity index (χ0) is 20.8. The molecule has 2 aromatic rings. The topological polar surface area (TPSA) is 89.4 Å². The molecule has 0 bridgehead atoms. The van der Waals surface area contributed by atoms with Gasteiger partial charge in [0, 0.05) is 16.1 Å². The maximum atomic E-state index is 12.7. The van der Waals surface area contributed by atoms with Crippen molar-refractivity contribution in [1.29, 1.82) is 0 Å². The fourth-order valence-electron chi connectivity index (χ4n) is 2.35. The molecular weight excluding hydrogens is 405 g/mol. The summed E-state index contributed by atoms with van der Waals surface area (Å²) in [5.41, 5.74) is 1.52. The van der Waals surface area contributed by atoms with Crippen molar-refractivity contribution in [2.75, 3.05) is 19.5 Å². The standard InChI is InChI=1S/C19H19Cl2N3O4/c1-10-5-6-12(20)7-14(10)23-24-17(11(2)25)19(26)22-15-8-13(21)9-16(27-3)18(15)28-4/h5-9,17H,1-4H3,(H,22,26). The molecule has 1 N–H and O–H groups in total. The predicted octanol–water partition coefficient (Wildman–Crippen LogP) is 5.00. The Morgan fingerprint density at radius 3 is 2.39 bits per heavy atom. The van der Waals surface area contributed by atoms with Crippen molar-refractivity contribution in [2.24, 2.45) is 10.2 Å². The number of hydrogen-bond acceptors (Lipinski definition) is 6. The molecule has 9 heteroatoms. The van der Waals surface area contributed by atoms with Crippen LogP contribution in [0.4, 0.5) is 11.4 Å². The van der Waals surface area contributed by atoms with Crippen LogP contribution in [0.3, 0.4) is 0 Å². The molecule has 148 valence electrons. The number of carbonyl (C=O) groups is 2. The number of carbonyl (C=O) groups excluding carboxylic acids is 2. The van der Waals surface area contributed by atoms with E-state index in [-0.39, 0.29) is 11.4 Å². The molecule has 2 rings (SSSR count). The predicted molar refractivity (Wildman–Crippen MR) is 108 cm³/mol.